The number of ether oxygens (including phenoxy) is 2. The summed E-state index contributed by atoms with van der Waals surface area (Å²) in [5.41, 5.74) is 1.79. The predicted molar refractivity (Wildman–Crippen MR) is 108 cm³/mol. The number of carbonyl (C=O) groups excluding carboxylic acids is 1. The number of carbonyl (C=O) groups is 1. The summed E-state index contributed by atoms with van der Waals surface area (Å²) in [5, 5.41) is 10.8. The quantitative estimate of drug-likeness (QED) is 0.575. The fourth-order valence-corrected chi connectivity index (χ4v) is 3.85. The average molecular weight is 394 g/mol. The number of piperidine rings is 1. The Morgan fingerprint density at radius 3 is 2.62 bits per heavy atom. The lowest BCUT2D eigenvalue weighted by Crippen LogP contribution is -2.35. The topological polar surface area (TPSA) is 88.3 Å². The predicted octanol–water partition coefficient (Wildman–Crippen LogP) is 3.81. The molecule has 7 heteroatoms. The Morgan fingerprint density at radius 2 is 2.00 bits per heavy atom. The number of esters is 1. The monoisotopic (exact) mass is 394 g/mol. The smallest absolute Gasteiger partial charge is 0.314 e. The molecule has 3 heterocycles. The lowest BCUT2D eigenvalue weighted by Gasteiger charge is -2.35. The van der Waals surface area contributed by atoms with E-state index in [4.69, 9.17) is 9.47 Å². The van der Waals surface area contributed by atoms with Crippen LogP contribution in [-0.4, -0.2) is 35.8 Å². The van der Waals surface area contributed by atoms with Gasteiger partial charge in [0.05, 0.1) is 22.8 Å². The molecule has 1 aliphatic carbocycles. The van der Waals surface area contributed by atoms with Crippen LogP contribution < -0.4 is 9.64 Å². The van der Waals surface area contributed by atoms with E-state index in [0.29, 0.717) is 16.5 Å². The molecule has 4 rings (SSSR count). The Bertz CT molecular complexity index is 976. The molecule has 1 spiro atoms. The molecule has 152 valence electrons. The number of fused-ring (bicyclic) bond motifs is 1. The summed E-state index contributed by atoms with van der Waals surface area (Å²) < 4.78 is 10.9. The number of aromatic nitrogens is 2. The lowest BCUT2D eigenvalue weighted by molar-refractivity contribution is -0.159. The number of nitrogens with zero attached hydrogens (tertiary/aromatic N) is 4. The standard InChI is InChI=1S/C22H26N4O3/c1-21(2,3)20(27)29-14-28-19-16(12-23)18(15-4-9-24-13-17(15)25-19)26-10-7-22(5-6-22)8-11-26/h4,9,13H,5-8,10-11,14H2,1-3H3. The summed E-state index contributed by atoms with van der Waals surface area (Å²) in [7, 11) is 0. The van der Waals surface area contributed by atoms with Crippen LogP contribution in [0.5, 0.6) is 5.88 Å². The van der Waals surface area contributed by atoms with Crippen molar-refractivity contribution in [1.29, 1.82) is 5.26 Å². The molecule has 29 heavy (non-hydrogen) atoms. The van der Waals surface area contributed by atoms with E-state index in [2.05, 4.69) is 20.9 Å². The third kappa shape index (κ3) is 3.84. The van der Waals surface area contributed by atoms with Crippen molar-refractivity contribution >= 4 is 22.6 Å². The second-order valence-electron chi connectivity index (χ2n) is 9.08. The van der Waals surface area contributed by atoms with E-state index in [1.54, 1.807) is 33.2 Å². The summed E-state index contributed by atoms with van der Waals surface area (Å²) in [6, 6.07) is 4.16. The summed E-state index contributed by atoms with van der Waals surface area (Å²) in [6.45, 7) is 6.86. The molecule has 0 unspecified atom stereocenters. The second-order valence-corrected chi connectivity index (χ2v) is 9.08. The highest BCUT2D eigenvalue weighted by molar-refractivity contribution is 5.95. The molecule has 0 N–H and O–H groups in total. The summed E-state index contributed by atoms with van der Waals surface area (Å²) in [4.78, 5) is 22.9. The molecule has 0 amide bonds. The maximum Gasteiger partial charge on any atom is 0.314 e. The van der Waals surface area contributed by atoms with Gasteiger partial charge in [-0.2, -0.15) is 5.26 Å². The van der Waals surface area contributed by atoms with Gasteiger partial charge in [0.1, 0.15) is 11.6 Å². The largest absolute Gasteiger partial charge is 0.439 e. The third-order valence-electron chi connectivity index (χ3n) is 5.94. The maximum atomic E-state index is 12.0. The van der Waals surface area contributed by atoms with Crippen LogP contribution in [0.2, 0.25) is 0 Å². The van der Waals surface area contributed by atoms with Crippen molar-refractivity contribution in [2.45, 2.75) is 46.5 Å². The normalized spacial score (nSPS) is 17.8. The number of rotatable bonds is 4. The van der Waals surface area contributed by atoms with E-state index in [0.717, 1.165) is 37.0 Å². The first-order valence-corrected chi connectivity index (χ1v) is 10.1. The zero-order valence-corrected chi connectivity index (χ0v) is 17.2. The van der Waals surface area contributed by atoms with Crippen LogP contribution in [0.15, 0.2) is 18.5 Å². The summed E-state index contributed by atoms with van der Waals surface area (Å²) in [6.07, 6.45) is 8.31. The molecule has 2 aromatic rings. The van der Waals surface area contributed by atoms with E-state index in [1.165, 1.54) is 12.8 Å². The number of nitriles is 1. The van der Waals surface area contributed by atoms with Crippen LogP contribution in [-0.2, 0) is 9.53 Å². The molecule has 0 radical (unpaired) electrons. The molecule has 0 atom stereocenters. The van der Waals surface area contributed by atoms with Gasteiger partial charge in [0, 0.05) is 24.7 Å². The minimum Gasteiger partial charge on any atom is -0.439 e. The average Bonchev–Trinajstić information content (AvgIpc) is 3.45. The van der Waals surface area contributed by atoms with Crippen molar-refractivity contribution in [1.82, 2.24) is 9.97 Å². The molecule has 2 aromatic heterocycles. The van der Waals surface area contributed by atoms with Gasteiger partial charge in [0.15, 0.2) is 0 Å². The van der Waals surface area contributed by atoms with Gasteiger partial charge in [0.2, 0.25) is 12.7 Å². The first kappa shape index (κ1) is 19.4. The maximum absolute atomic E-state index is 12.0. The lowest BCUT2D eigenvalue weighted by atomic mass is 9.92. The van der Waals surface area contributed by atoms with E-state index < -0.39 is 5.41 Å². The Hall–Kier alpha value is -2.88. The van der Waals surface area contributed by atoms with Gasteiger partial charge in [-0.25, -0.2) is 4.98 Å². The fraction of sp³-hybridized carbons (Fsp3) is 0.545. The summed E-state index contributed by atoms with van der Waals surface area (Å²) >= 11 is 0. The van der Waals surface area contributed by atoms with E-state index in [-0.39, 0.29) is 18.6 Å². The van der Waals surface area contributed by atoms with Crippen molar-refractivity contribution in [3.05, 3.63) is 24.0 Å². The van der Waals surface area contributed by atoms with Gasteiger partial charge < -0.3 is 14.4 Å². The molecule has 1 saturated carbocycles. The zero-order valence-electron chi connectivity index (χ0n) is 17.2. The van der Waals surface area contributed by atoms with Gasteiger partial charge in [-0.15, -0.1) is 0 Å². The van der Waals surface area contributed by atoms with Crippen LogP contribution in [0, 0.1) is 22.2 Å². The minimum atomic E-state index is -0.625. The van der Waals surface area contributed by atoms with Crippen molar-refractivity contribution in [2.75, 3.05) is 24.8 Å². The van der Waals surface area contributed by atoms with E-state index >= 15 is 0 Å². The van der Waals surface area contributed by atoms with Gasteiger partial charge >= 0.3 is 5.97 Å². The number of hydrogen-bond acceptors (Lipinski definition) is 7. The van der Waals surface area contributed by atoms with Crippen molar-refractivity contribution < 1.29 is 14.3 Å². The molecule has 1 aliphatic heterocycles. The molecule has 0 aromatic carbocycles. The van der Waals surface area contributed by atoms with E-state index in [1.807, 2.05) is 6.07 Å². The zero-order chi connectivity index (χ0) is 20.6. The van der Waals surface area contributed by atoms with Gasteiger partial charge in [-0.3, -0.25) is 9.78 Å². The Kier molecular flexibility index (Phi) is 4.81. The Labute approximate surface area is 170 Å². The van der Waals surface area contributed by atoms with Crippen LogP contribution in [0.3, 0.4) is 0 Å². The third-order valence-corrected chi connectivity index (χ3v) is 5.94. The van der Waals surface area contributed by atoms with Gasteiger partial charge in [0.25, 0.3) is 0 Å². The number of hydrogen-bond donors (Lipinski definition) is 0. The molecule has 2 fully saturated rings. The van der Waals surface area contributed by atoms with Crippen molar-refractivity contribution in [2.24, 2.45) is 10.8 Å². The SMILES string of the molecule is CC(C)(C)C(=O)OCOc1nc2cnccc2c(N2CCC3(CC2)CC3)c1C#N. The molecular formula is C22H26N4O3. The first-order valence-electron chi connectivity index (χ1n) is 10.1. The minimum absolute atomic E-state index is 0.177. The van der Waals surface area contributed by atoms with Crippen molar-refractivity contribution in [3.8, 4) is 11.9 Å². The van der Waals surface area contributed by atoms with E-state index in [9.17, 15) is 10.1 Å². The highest BCUT2D eigenvalue weighted by atomic mass is 16.7. The number of anilines is 1. The molecule has 1 saturated heterocycles. The van der Waals surface area contributed by atoms with Crippen LogP contribution in [0.25, 0.3) is 10.9 Å². The van der Waals surface area contributed by atoms with Gasteiger partial charge in [-0.05, 0) is 57.9 Å². The first-order chi connectivity index (χ1) is 13.8. The van der Waals surface area contributed by atoms with Gasteiger partial charge in [-0.1, -0.05) is 0 Å². The highest BCUT2D eigenvalue weighted by Crippen LogP contribution is 2.54. The summed E-state index contributed by atoms with van der Waals surface area (Å²) in [5.74, 6) is -0.194. The fourth-order valence-electron chi connectivity index (χ4n) is 3.85. The molecule has 0 bridgehead atoms. The van der Waals surface area contributed by atoms with Crippen LogP contribution in [0.4, 0.5) is 5.69 Å². The molecule has 2 aliphatic rings. The molecule has 7 nitrogen and oxygen atoms in total. The molecular weight excluding hydrogens is 368 g/mol. The Morgan fingerprint density at radius 1 is 1.28 bits per heavy atom. The number of pyridine rings is 2. The van der Waals surface area contributed by atoms with Crippen LogP contribution >= 0.6 is 0 Å². The Balaban J connectivity index is 1.64. The highest BCUT2D eigenvalue weighted by Gasteiger charge is 2.45. The van der Waals surface area contributed by atoms with Crippen molar-refractivity contribution in [3.63, 3.8) is 0 Å². The van der Waals surface area contributed by atoms with Crippen LogP contribution in [0.1, 0.15) is 52.0 Å². The second kappa shape index (κ2) is 7.18.